The molecule has 300 valence electrons. The lowest BCUT2D eigenvalue weighted by atomic mass is 9.77. The quantitative estimate of drug-likeness (QED) is 0.138. The van der Waals surface area contributed by atoms with E-state index in [0.717, 1.165) is 67.3 Å². The Morgan fingerprint density at radius 2 is 0.524 bits per heavy atom. The molecule has 0 spiro atoms. The van der Waals surface area contributed by atoms with Crippen molar-refractivity contribution in [3.63, 3.8) is 0 Å². The zero-order valence-electron chi connectivity index (χ0n) is 35.2. The zero-order chi connectivity index (χ0) is 42.6. The van der Waals surface area contributed by atoms with Gasteiger partial charge in [-0.25, -0.2) is 19.9 Å². The normalized spacial score (nSPS) is 11.3. The summed E-state index contributed by atoms with van der Waals surface area (Å²) in [5, 5.41) is 0. The molecule has 0 fully saturated rings. The molecule has 10 rings (SSSR count). The summed E-state index contributed by atoms with van der Waals surface area (Å²) in [6.45, 7) is 4.56. The molecular weight excluding hydrogens is 765 g/mol. The van der Waals surface area contributed by atoms with Gasteiger partial charge in [0.25, 0.3) is 0 Å². The van der Waals surface area contributed by atoms with Crippen molar-refractivity contribution in [1.29, 1.82) is 0 Å². The van der Waals surface area contributed by atoms with Crippen LogP contribution in [0.1, 0.15) is 25.0 Å². The van der Waals surface area contributed by atoms with E-state index in [1.807, 2.05) is 48.5 Å². The van der Waals surface area contributed by atoms with Crippen LogP contribution in [0.25, 0.3) is 90.1 Å². The Morgan fingerprint density at radius 1 is 0.238 bits per heavy atom. The molecule has 8 aromatic carbocycles. The first kappa shape index (κ1) is 39.1. The number of rotatable bonds is 10. The molecule has 4 nitrogen and oxygen atoms in total. The molecule has 0 radical (unpaired) electrons. The van der Waals surface area contributed by atoms with Crippen LogP contribution in [0.5, 0.6) is 0 Å². The first-order valence-corrected chi connectivity index (χ1v) is 21.4. The molecule has 0 amide bonds. The van der Waals surface area contributed by atoms with Crippen LogP contribution in [0, 0.1) is 0 Å². The minimum absolute atomic E-state index is 0.273. The summed E-state index contributed by atoms with van der Waals surface area (Å²) in [4.78, 5) is 20.4. The molecule has 2 aromatic heterocycles. The van der Waals surface area contributed by atoms with Crippen molar-refractivity contribution in [2.24, 2.45) is 0 Å². The summed E-state index contributed by atoms with van der Waals surface area (Å²) in [5.41, 5.74) is 16.4. The van der Waals surface area contributed by atoms with E-state index in [-0.39, 0.29) is 5.41 Å². The number of hydrogen-bond donors (Lipinski definition) is 0. The van der Waals surface area contributed by atoms with Crippen LogP contribution >= 0.6 is 0 Å². The minimum atomic E-state index is -0.273. The molecule has 0 unspecified atom stereocenters. The molecule has 0 atom stereocenters. The van der Waals surface area contributed by atoms with Gasteiger partial charge in [0.1, 0.15) is 0 Å². The number of benzene rings is 8. The van der Waals surface area contributed by atoms with Gasteiger partial charge >= 0.3 is 0 Å². The van der Waals surface area contributed by atoms with E-state index in [0.29, 0.717) is 11.6 Å². The van der Waals surface area contributed by atoms with E-state index in [9.17, 15) is 0 Å². The van der Waals surface area contributed by atoms with Gasteiger partial charge in [-0.2, -0.15) is 0 Å². The third-order valence-corrected chi connectivity index (χ3v) is 11.9. The number of hydrogen-bond acceptors (Lipinski definition) is 4. The predicted molar refractivity (Wildman–Crippen MR) is 260 cm³/mol. The first-order chi connectivity index (χ1) is 30.9. The van der Waals surface area contributed by atoms with Crippen molar-refractivity contribution in [3.8, 4) is 90.1 Å². The molecule has 4 heteroatoms. The monoisotopic (exact) mass is 808 g/mol. The topological polar surface area (TPSA) is 51.6 Å². The average Bonchev–Trinajstić information content (AvgIpc) is 3.37. The largest absolute Gasteiger partial charge is 0.228 e. The van der Waals surface area contributed by atoms with Crippen molar-refractivity contribution in [2.75, 3.05) is 0 Å². The Labute approximate surface area is 369 Å². The number of aromatic nitrogens is 4. The van der Waals surface area contributed by atoms with Crippen molar-refractivity contribution < 1.29 is 0 Å². The lowest BCUT2D eigenvalue weighted by Crippen LogP contribution is -2.18. The second-order valence-corrected chi connectivity index (χ2v) is 16.3. The van der Waals surface area contributed by atoms with Crippen molar-refractivity contribution in [2.45, 2.75) is 19.3 Å². The average molecular weight is 809 g/mol. The fourth-order valence-electron chi connectivity index (χ4n) is 8.18. The van der Waals surface area contributed by atoms with Crippen molar-refractivity contribution in [3.05, 3.63) is 242 Å². The van der Waals surface area contributed by atoms with Crippen LogP contribution in [-0.2, 0) is 5.41 Å². The lowest BCUT2D eigenvalue weighted by Gasteiger charge is -2.26. The molecule has 0 aliphatic rings. The molecular formula is C59H44N4. The Balaban J connectivity index is 0.960. The van der Waals surface area contributed by atoms with Crippen LogP contribution in [-0.4, -0.2) is 19.9 Å². The third kappa shape index (κ3) is 8.35. The Kier molecular flexibility index (Phi) is 10.6. The van der Waals surface area contributed by atoms with Gasteiger partial charge < -0.3 is 0 Å². The highest BCUT2D eigenvalue weighted by molar-refractivity contribution is 5.78. The van der Waals surface area contributed by atoms with E-state index in [2.05, 4.69) is 196 Å². The molecule has 2 heterocycles. The maximum absolute atomic E-state index is 5.12. The standard InChI is InChI=1S/C59H44N4/c1-59(2,51-33-29-43(30-34-51)53-39-55(62-57(60-53)45-21-11-5-12-22-45)49-27-15-25-47(37-49)41-17-7-3-8-18-41)52-35-31-44(32-36-52)54-40-56(63-58(61-54)46-23-13-6-14-24-46)50-28-16-26-48(38-50)42-19-9-4-10-20-42/h3-40H,1-2H3. The summed E-state index contributed by atoms with van der Waals surface area (Å²) in [6, 6.07) is 80.4. The Hall–Kier alpha value is -8.08. The fraction of sp³-hybridized carbons (Fsp3) is 0.0508. The summed E-state index contributed by atoms with van der Waals surface area (Å²) in [6.07, 6.45) is 0. The van der Waals surface area contributed by atoms with Gasteiger partial charge in [0.15, 0.2) is 11.6 Å². The van der Waals surface area contributed by atoms with E-state index in [1.54, 1.807) is 0 Å². The predicted octanol–water partition coefficient (Wildman–Crippen LogP) is 14.9. The SMILES string of the molecule is CC(C)(c1ccc(-c2cc(-c3cccc(-c4ccccc4)c3)nc(-c3ccccc3)n2)cc1)c1ccc(-c2cc(-c3cccc(-c4ccccc4)c3)nc(-c3ccccc3)n2)cc1. The minimum Gasteiger partial charge on any atom is -0.228 e. The van der Waals surface area contributed by atoms with E-state index < -0.39 is 0 Å². The highest BCUT2D eigenvalue weighted by Crippen LogP contribution is 2.36. The Morgan fingerprint density at radius 3 is 0.873 bits per heavy atom. The van der Waals surface area contributed by atoms with Gasteiger partial charge in [0.2, 0.25) is 0 Å². The van der Waals surface area contributed by atoms with Gasteiger partial charge in [-0.3, -0.25) is 0 Å². The molecule has 10 aromatic rings. The molecule has 0 bridgehead atoms. The first-order valence-electron chi connectivity index (χ1n) is 21.4. The second-order valence-electron chi connectivity index (χ2n) is 16.3. The maximum Gasteiger partial charge on any atom is 0.160 e. The molecule has 0 saturated carbocycles. The molecule has 63 heavy (non-hydrogen) atoms. The molecule has 0 N–H and O–H groups in total. The van der Waals surface area contributed by atoms with Crippen molar-refractivity contribution >= 4 is 0 Å². The summed E-state index contributed by atoms with van der Waals surface area (Å²) < 4.78 is 0. The third-order valence-electron chi connectivity index (χ3n) is 11.9. The summed E-state index contributed by atoms with van der Waals surface area (Å²) in [7, 11) is 0. The molecule has 0 aliphatic carbocycles. The summed E-state index contributed by atoms with van der Waals surface area (Å²) in [5.74, 6) is 1.40. The van der Waals surface area contributed by atoms with Crippen LogP contribution < -0.4 is 0 Å². The number of nitrogens with zero attached hydrogens (tertiary/aromatic N) is 4. The molecule has 0 saturated heterocycles. The van der Waals surface area contributed by atoms with E-state index >= 15 is 0 Å². The maximum atomic E-state index is 5.12. The van der Waals surface area contributed by atoms with Crippen LogP contribution in [0.2, 0.25) is 0 Å². The van der Waals surface area contributed by atoms with E-state index in [4.69, 9.17) is 19.9 Å². The van der Waals surface area contributed by atoms with Crippen molar-refractivity contribution in [1.82, 2.24) is 19.9 Å². The second kappa shape index (κ2) is 17.1. The van der Waals surface area contributed by atoms with Crippen LogP contribution in [0.15, 0.2) is 231 Å². The summed E-state index contributed by atoms with van der Waals surface area (Å²) >= 11 is 0. The fourth-order valence-corrected chi connectivity index (χ4v) is 8.18. The van der Waals surface area contributed by atoms with Crippen LogP contribution in [0.3, 0.4) is 0 Å². The molecule has 0 aliphatic heterocycles. The Bertz CT molecular complexity index is 2930. The van der Waals surface area contributed by atoms with Gasteiger partial charge in [0, 0.05) is 38.8 Å². The lowest BCUT2D eigenvalue weighted by molar-refractivity contribution is 0.641. The highest BCUT2D eigenvalue weighted by Gasteiger charge is 2.24. The van der Waals surface area contributed by atoms with Gasteiger partial charge in [-0.1, -0.05) is 220 Å². The highest BCUT2D eigenvalue weighted by atomic mass is 14.9. The van der Waals surface area contributed by atoms with Gasteiger partial charge in [-0.15, -0.1) is 0 Å². The zero-order valence-corrected chi connectivity index (χ0v) is 35.2. The van der Waals surface area contributed by atoms with E-state index in [1.165, 1.54) is 22.3 Å². The van der Waals surface area contributed by atoms with Gasteiger partial charge in [-0.05, 0) is 57.6 Å². The van der Waals surface area contributed by atoms with Crippen LogP contribution in [0.4, 0.5) is 0 Å². The smallest absolute Gasteiger partial charge is 0.160 e. The van der Waals surface area contributed by atoms with Gasteiger partial charge in [0.05, 0.1) is 22.8 Å².